The van der Waals surface area contributed by atoms with E-state index in [9.17, 15) is 14.7 Å². The summed E-state index contributed by atoms with van der Waals surface area (Å²) in [5.41, 5.74) is 0. The Morgan fingerprint density at radius 2 is 2.00 bits per heavy atom. The quantitative estimate of drug-likeness (QED) is 0.805. The number of carboxylic acids is 1. The molecule has 0 aromatic carbocycles. The second-order valence-electron chi connectivity index (χ2n) is 6.36. The number of ether oxygens (including phenoxy) is 2. The van der Waals surface area contributed by atoms with E-state index in [1.54, 1.807) is 7.11 Å². The molecule has 2 unspecified atom stereocenters. The lowest BCUT2D eigenvalue weighted by Gasteiger charge is -2.35. The SMILES string of the molecule is COCCN(C(=O)[C@@H]1CCC[C@H](C(=O)O)C1)C1CCOC1C. The molecular formula is C16H27NO5. The van der Waals surface area contributed by atoms with E-state index in [1.807, 2.05) is 11.8 Å². The van der Waals surface area contributed by atoms with Crippen molar-refractivity contribution in [2.75, 3.05) is 26.9 Å². The maximum Gasteiger partial charge on any atom is 0.306 e. The van der Waals surface area contributed by atoms with E-state index in [4.69, 9.17) is 9.47 Å². The van der Waals surface area contributed by atoms with Crippen LogP contribution in [0.1, 0.15) is 39.0 Å². The van der Waals surface area contributed by atoms with E-state index in [0.29, 0.717) is 32.6 Å². The maximum atomic E-state index is 12.9. The molecule has 1 saturated carbocycles. The van der Waals surface area contributed by atoms with Crippen LogP contribution in [0, 0.1) is 11.8 Å². The van der Waals surface area contributed by atoms with Gasteiger partial charge in [0.1, 0.15) is 0 Å². The summed E-state index contributed by atoms with van der Waals surface area (Å²) in [6.07, 6.45) is 3.60. The largest absolute Gasteiger partial charge is 0.481 e. The standard InChI is InChI=1S/C16H27NO5/c1-11-14(6-8-22-11)17(7-9-21-2)15(18)12-4-3-5-13(10-12)16(19)20/h11-14H,3-10H2,1-2H3,(H,19,20)/t11?,12-,13+,14?/m1/s1. The molecule has 2 rings (SSSR count). The van der Waals surface area contributed by atoms with Crippen LogP contribution in [0.15, 0.2) is 0 Å². The summed E-state index contributed by atoms with van der Waals surface area (Å²) >= 11 is 0. The van der Waals surface area contributed by atoms with Gasteiger partial charge in [-0.05, 0) is 32.6 Å². The van der Waals surface area contributed by atoms with Crippen LogP contribution in [0.5, 0.6) is 0 Å². The minimum Gasteiger partial charge on any atom is -0.481 e. The van der Waals surface area contributed by atoms with Gasteiger partial charge in [-0.25, -0.2) is 0 Å². The predicted molar refractivity (Wildman–Crippen MR) is 80.5 cm³/mol. The lowest BCUT2D eigenvalue weighted by Crippen LogP contribution is -2.49. The van der Waals surface area contributed by atoms with Crippen molar-refractivity contribution in [1.82, 2.24) is 4.90 Å². The zero-order valence-corrected chi connectivity index (χ0v) is 13.5. The fourth-order valence-electron chi connectivity index (χ4n) is 3.63. The van der Waals surface area contributed by atoms with Crippen molar-refractivity contribution < 1.29 is 24.2 Å². The third kappa shape index (κ3) is 3.98. The zero-order chi connectivity index (χ0) is 16.1. The van der Waals surface area contributed by atoms with Crippen molar-refractivity contribution in [1.29, 1.82) is 0 Å². The molecule has 1 aliphatic heterocycles. The molecule has 0 aromatic rings. The molecular weight excluding hydrogens is 286 g/mol. The summed E-state index contributed by atoms with van der Waals surface area (Å²) in [5, 5.41) is 9.21. The van der Waals surface area contributed by atoms with Gasteiger partial charge in [-0.3, -0.25) is 9.59 Å². The van der Waals surface area contributed by atoms with E-state index in [2.05, 4.69) is 0 Å². The van der Waals surface area contributed by atoms with Gasteiger partial charge in [-0.15, -0.1) is 0 Å². The summed E-state index contributed by atoms with van der Waals surface area (Å²) in [6, 6.07) is 0.0767. The molecule has 1 N–H and O–H groups in total. The molecule has 1 heterocycles. The van der Waals surface area contributed by atoms with Gasteiger partial charge < -0.3 is 19.5 Å². The molecule has 1 aliphatic carbocycles. The summed E-state index contributed by atoms with van der Waals surface area (Å²) < 4.78 is 10.7. The summed E-state index contributed by atoms with van der Waals surface area (Å²) in [5.74, 6) is -1.27. The maximum absolute atomic E-state index is 12.9. The van der Waals surface area contributed by atoms with E-state index in [-0.39, 0.29) is 29.9 Å². The number of methoxy groups -OCH3 is 1. The van der Waals surface area contributed by atoms with Gasteiger partial charge in [0.15, 0.2) is 0 Å². The van der Waals surface area contributed by atoms with E-state index in [1.165, 1.54) is 0 Å². The van der Waals surface area contributed by atoms with Crippen LogP contribution in [-0.2, 0) is 19.1 Å². The summed E-state index contributed by atoms with van der Waals surface area (Å²) in [4.78, 5) is 26.0. The molecule has 0 bridgehead atoms. The Bertz CT molecular complexity index is 400. The smallest absolute Gasteiger partial charge is 0.306 e. The van der Waals surface area contributed by atoms with Crippen molar-refractivity contribution in [3.63, 3.8) is 0 Å². The van der Waals surface area contributed by atoms with Crippen molar-refractivity contribution in [2.24, 2.45) is 11.8 Å². The van der Waals surface area contributed by atoms with Crippen LogP contribution in [0.4, 0.5) is 0 Å². The molecule has 2 fully saturated rings. The number of carbonyl (C=O) groups is 2. The lowest BCUT2D eigenvalue weighted by molar-refractivity contribution is -0.147. The number of carbonyl (C=O) groups excluding carboxylic acids is 1. The Kier molecular flexibility index (Phi) is 6.20. The highest BCUT2D eigenvalue weighted by atomic mass is 16.5. The number of carboxylic acid groups (broad SMARTS) is 1. The van der Waals surface area contributed by atoms with E-state index < -0.39 is 5.97 Å². The number of hydrogen-bond acceptors (Lipinski definition) is 4. The molecule has 0 radical (unpaired) electrons. The average Bonchev–Trinajstić information content (AvgIpc) is 2.93. The van der Waals surface area contributed by atoms with Crippen molar-refractivity contribution >= 4 is 11.9 Å². The first kappa shape index (κ1) is 17.2. The van der Waals surface area contributed by atoms with Gasteiger partial charge in [-0.1, -0.05) is 6.42 Å². The van der Waals surface area contributed by atoms with Gasteiger partial charge in [-0.2, -0.15) is 0 Å². The Morgan fingerprint density at radius 3 is 2.59 bits per heavy atom. The lowest BCUT2D eigenvalue weighted by atomic mass is 9.80. The number of aliphatic carboxylic acids is 1. The van der Waals surface area contributed by atoms with Crippen LogP contribution in [0.2, 0.25) is 0 Å². The molecule has 126 valence electrons. The second-order valence-corrected chi connectivity index (χ2v) is 6.36. The monoisotopic (exact) mass is 313 g/mol. The zero-order valence-electron chi connectivity index (χ0n) is 13.5. The summed E-state index contributed by atoms with van der Waals surface area (Å²) in [6.45, 7) is 3.70. The molecule has 1 amide bonds. The molecule has 2 aliphatic rings. The topological polar surface area (TPSA) is 76.1 Å². The van der Waals surface area contributed by atoms with Gasteiger partial charge in [0.25, 0.3) is 0 Å². The highest BCUT2D eigenvalue weighted by Gasteiger charge is 2.38. The minimum atomic E-state index is -0.779. The van der Waals surface area contributed by atoms with E-state index >= 15 is 0 Å². The fourth-order valence-corrected chi connectivity index (χ4v) is 3.63. The highest BCUT2D eigenvalue weighted by Crippen LogP contribution is 2.32. The first-order chi connectivity index (χ1) is 10.5. The van der Waals surface area contributed by atoms with Crippen LogP contribution >= 0.6 is 0 Å². The van der Waals surface area contributed by atoms with Crippen molar-refractivity contribution in [2.45, 2.75) is 51.2 Å². The van der Waals surface area contributed by atoms with Crippen LogP contribution in [-0.4, -0.2) is 60.9 Å². The summed E-state index contributed by atoms with van der Waals surface area (Å²) in [7, 11) is 1.62. The normalized spacial score (nSPS) is 31.9. The van der Waals surface area contributed by atoms with Crippen molar-refractivity contribution in [3.05, 3.63) is 0 Å². The number of amides is 1. The van der Waals surface area contributed by atoms with Crippen molar-refractivity contribution in [3.8, 4) is 0 Å². The first-order valence-corrected chi connectivity index (χ1v) is 8.18. The Hall–Kier alpha value is -1.14. The molecule has 1 saturated heterocycles. The Balaban J connectivity index is 2.05. The third-order valence-corrected chi connectivity index (χ3v) is 4.93. The van der Waals surface area contributed by atoms with E-state index in [0.717, 1.165) is 19.3 Å². The fraction of sp³-hybridized carbons (Fsp3) is 0.875. The Labute approximate surface area is 131 Å². The van der Waals surface area contributed by atoms with Crippen LogP contribution < -0.4 is 0 Å². The molecule has 6 nitrogen and oxygen atoms in total. The van der Waals surface area contributed by atoms with Gasteiger partial charge >= 0.3 is 5.97 Å². The minimum absolute atomic E-state index is 0.0275. The first-order valence-electron chi connectivity index (χ1n) is 8.18. The van der Waals surface area contributed by atoms with Crippen LogP contribution in [0.25, 0.3) is 0 Å². The highest BCUT2D eigenvalue weighted by molar-refractivity contribution is 5.80. The molecule has 4 atom stereocenters. The third-order valence-electron chi connectivity index (χ3n) is 4.93. The van der Waals surface area contributed by atoms with Gasteiger partial charge in [0.05, 0.1) is 24.7 Å². The van der Waals surface area contributed by atoms with Gasteiger partial charge in [0, 0.05) is 26.2 Å². The number of nitrogens with zero attached hydrogens (tertiary/aromatic N) is 1. The number of hydrogen-bond donors (Lipinski definition) is 1. The number of rotatable bonds is 6. The van der Waals surface area contributed by atoms with Gasteiger partial charge in [0.2, 0.25) is 5.91 Å². The molecule has 0 spiro atoms. The predicted octanol–water partition coefficient (Wildman–Crippen LogP) is 1.53. The van der Waals surface area contributed by atoms with Crippen LogP contribution in [0.3, 0.4) is 0 Å². The second kappa shape index (κ2) is 7.92. The Morgan fingerprint density at radius 1 is 1.27 bits per heavy atom. The molecule has 0 aromatic heterocycles. The average molecular weight is 313 g/mol. The molecule has 22 heavy (non-hydrogen) atoms. The molecule has 6 heteroatoms.